The monoisotopic (exact) mass is 409 g/mol. The molecule has 5 nitrogen and oxygen atoms in total. The Bertz CT molecular complexity index is 731. The van der Waals surface area contributed by atoms with Gasteiger partial charge in [0.2, 0.25) is 5.91 Å². The fourth-order valence-electron chi connectivity index (χ4n) is 5.11. The maximum atomic E-state index is 13.4. The molecule has 0 unspecified atom stereocenters. The number of halogens is 2. The minimum atomic E-state index is -0.399. The number of carbonyl (C=O) groups is 2. The highest BCUT2D eigenvalue weighted by Crippen LogP contribution is 2.45. The molecule has 7 heteroatoms. The highest BCUT2D eigenvalue weighted by molar-refractivity contribution is 5.94. The van der Waals surface area contributed by atoms with Gasteiger partial charge >= 0.3 is 0 Å². The summed E-state index contributed by atoms with van der Waals surface area (Å²) >= 11 is 0. The third-order valence-corrected chi connectivity index (χ3v) is 6.61. The predicted octanol–water partition coefficient (Wildman–Crippen LogP) is 2.70. The number of carbonyl (C=O) groups excluding carboxylic acids is 2. The number of hydrogen-bond donors (Lipinski definition) is 1. The van der Waals surface area contributed by atoms with Gasteiger partial charge in [-0.15, -0.1) is 12.4 Å². The fourth-order valence-corrected chi connectivity index (χ4v) is 5.11. The molecule has 0 bridgehead atoms. The number of fused-ring (bicyclic) bond motifs is 1. The summed E-state index contributed by atoms with van der Waals surface area (Å²) in [6.07, 6.45) is 5.23. The number of amides is 2. The summed E-state index contributed by atoms with van der Waals surface area (Å²) in [6, 6.07) is 5.84. The van der Waals surface area contributed by atoms with Crippen LogP contribution in [0.1, 0.15) is 42.5 Å². The van der Waals surface area contributed by atoms with E-state index < -0.39 is 5.82 Å². The quantitative estimate of drug-likeness (QED) is 0.817. The first-order valence-electron chi connectivity index (χ1n) is 10.2. The zero-order valence-electron chi connectivity index (χ0n) is 16.2. The van der Waals surface area contributed by atoms with Gasteiger partial charge in [0.25, 0.3) is 5.91 Å². The van der Waals surface area contributed by atoms with Crippen LogP contribution in [0.4, 0.5) is 4.39 Å². The van der Waals surface area contributed by atoms with E-state index in [-0.39, 0.29) is 29.6 Å². The first-order valence-corrected chi connectivity index (χ1v) is 10.2. The van der Waals surface area contributed by atoms with Gasteiger partial charge in [0, 0.05) is 38.3 Å². The summed E-state index contributed by atoms with van der Waals surface area (Å²) in [5.41, 5.74) is 0.140. The first kappa shape index (κ1) is 21.1. The van der Waals surface area contributed by atoms with Gasteiger partial charge in [0.15, 0.2) is 0 Å². The Morgan fingerprint density at radius 3 is 2.68 bits per heavy atom. The van der Waals surface area contributed by atoms with Crippen LogP contribution in [0, 0.1) is 17.2 Å². The lowest BCUT2D eigenvalue weighted by molar-refractivity contribution is -0.145. The van der Waals surface area contributed by atoms with E-state index in [1.807, 2.05) is 4.90 Å². The normalized spacial score (nSPS) is 27.5. The van der Waals surface area contributed by atoms with Crippen LogP contribution in [-0.2, 0) is 4.79 Å². The summed E-state index contributed by atoms with van der Waals surface area (Å²) in [6.45, 7) is 4.11. The van der Waals surface area contributed by atoms with Crippen molar-refractivity contribution in [3.63, 3.8) is 0 Å². The van der Waals surface area contributed by atoms with Gasteiger partial charge < -0.3 is 15.1 Å². The van der Waals surface area contributed by atoms with Crippen molar-refractivity contribution in [2.75, 3.05) is 39.3 Å². The maximum Gasteiger partial charge on any atom is 0.254 e. The second kappa shape index (κ2) is 8.78. The first-order chi connectivity index (χ1) is 13.1. The molecule has 2 saturated heterocycles. The summed E-state index contributed by atoms with van der Waals surface area (Å²) in [7, 11) is 0. The van der Waals surface area contributed by atoms with Crippen LogP contribution in [0.3, 0.4) is 0 Å². The van der Waals surface area contributed by atoms with Crippen LogP contribution in [0.5, 0.6) is 0 Å². The van der Waals surface area contributed by atoms with Crippen molar-refractivity contribution in [1.82, 2.24) is 15.1 Å². The van der Waals surface area contributed by atoms with Gasteiger partial charge in [-0.3, -0.25) is 9.59 Å². The molecule has 2 amide bonds. The molecule has 2 aliphatic heterocycles. The van der Waals surface area contributed by atoms with Crippen molar-refractivity contribution in [1.29, 1.82) is 0 Å². The van der Waals surface area contributed by atoms with Crippen molar-refractivity contribution in [2.24, 2.45) is 11.3 Å². The van der Waals surface area contributed by atoms with Crippen LogP contribution >= 0.6 is 12.4 Å². The van der Waals surface area contributed by atoms with Gasteiger partial charge in [0.1, 0.15) is 5.82 Å². The molecule has 154 valence electrons. The third-order valence-electron chi connectivity index (χ3n) is 6.61. The molecule has 3 aliphatic rings. The molecular formula is C21H29ClFN3O2. The molecular weight excluding hydrogens is 381 g/mol. The Morgan fingerprint density at radius 1 is 1.07 bits per heavy atom. The SMILES string of the molecule is Cl.O=C(c1cccc(F)c1)N1CCCN(C(=O)[C@@]23CCCC[C@H]2CNC3)CC1. The van der Waals surface area contributed by atoms with Crippen LogP contribution < -0.4 is 5.32 Å². The van der Waals surface area contributed by atoms with Crippen molar-refractivity contribution in [2.45, 2.75) is 32.1 Å². The van der Waals surface area contributed by atoms with E-state index in [0.29, 0.717) is 37.7 Å². The van der Waals surface area contributed by atoms with Crippen molar-refractivity contribution >= 4 is 24.2 Å². The topological polar surface area (TPSA) is 52.7 Å². The van der Waals surface area contributed by atoms with Gasteiger partial charge in [-0.05, 0) is 49.9 Å². The molecule has 0 radical (unpaired) electrons. The van der Waals surface area contributed by atoms with Crippen LogP contribution in [0.2, 0.25) is 0 Å². The highest BCUT2D eigenvalue weighted by Gasteiger charge is 2.51. The minimum absolute atomic E-state index is 0. The fraction of sp³-hybridized carbons (Fsp3) is 0.619. The number of benzene rings is 1. The number of rotatable bonds is 2. The lowest BCUT2D eigenvalue weighted by Gasteiger charge is -2.40. The summed E-state index contributed by atoms with van der Waals surface area (Å²) in [5, 5.41) is 3.45. The lowest BCUT2D eigenvalue weighted by Crippen LogP contribution is -2.50. The Morgan fingerprint density at radius 2 is 1.86 bits per heavy atom. The molecule has 2 heterocycles. The van der Waals surface area contributed by atoms with Crippen LogP contribution in [0.25, 0.3) is 0 Å². The largest absolute Gasteiger partial charge is 0.340 e. The van der Waals surface area contributed by atoms with E-state index in [2.05, 4.69) is 5.32 Å². The average Bonchev–Trinajstić information content (AvgIpc) is 2.98. The standard InChI is InChI=1S/C21H28FN3O2.ClH/c22-18-7-3-5-16(13-18)19(26)24-9-4-10-25(12-11-24)20(27)21-8-2-1-6-17(21)14-23-15-21;/h3,5,7,13,17,23H,1-2,4,6,8-12,14-15H2;1H/t17-,21+;/m0./s1. The zero-order valence-corrected chi connectivity index (χ0v) is 17.0. The number of hydrogen-bond acceptors (Lipinski definition) is 3. The van der Waals surface area contributed by atoms with Gasteiger partial charge in [-0.25, -0.2) is 4.39 Å². The Hall–Kier alpha value is -1.66. The number of nitrogens with one attached hydrogen (secondary N) is 1. The molecule has 1 saturated carbocycles. The van der Waals surface area contributed by atoms with E-state index in [1.54, 1.807) is 17.0 Å². The smallest absolute Gasteiger partial charge is 0.254 e. The molecule has 1 N–H and O–H groups in total. The van der Waals surface area contributed by atoms with Crippen molar-refractivity contribution in [3.8, 4) is 0 Å². The molecule has 0 aromatic heterocycles. The van der Waals surface area contributed by atoms with E-state index in [4.69, 9.17) is 0 Å². The Labute approximate surface area is 172 Å². The second-order valence-corrected chi connectivity index (χ2v) is 8.18. The summed E-state index contributed by atoms with van der Waals surface area (Å²) < 4.78 is 13.4. The number of nitrogens with zero attached hydrogens (tertiary/aromatic N) is 2. The van der Waals surface area contributed by atoms with Crippen molar-refractivity contribution in [3.05, 3.63) is 35.6 Å². The molecule has 2 atom stereocenters. The van der Waals surface area contributed by atoms with E-state index in [9.17, 15) is 14.0 Å². The van der Waals surface area contributed by atoms with E-state index in [1.165, 1.54) is 18.6 Å². The van der Waals surface area contributed by atoms with Crippen molar-refractivity contribution < 1.29 is 14.0 Å². The minimum Gasteiger partial charge on any atom is -0.340 e. The van der Waals surface area contributed by atoms with Gasteiger partial charge in [-0.1, -0.05) is 18.9 Å². The molecule has 1 aromatic rings. The molecule has 1 aliphatic carbocycles. The Balaban J connectivity index is 0.00000225. The zero-order chi connectivity index (χ0) is 18.9. The molecule has 28 heavy (non-hydrogen) atoms. The summed E-state index contributed by atoms with van der Waals surface area (Å²) in [5.74, 6) is 0.174. The predicted molar refractivity (Wildman–Crippen MR) is 108 cm³/mol. The molecule has 4 rings (SSSR count). The highest BCUT2D eigenvalue weighted by atomic mass is 35.5. The second-order valence-electron chi connectivity index (χ2n) is 8.18. The van der Waals surface area contributed by atoms with Gasteiger partial charge in [0.05, 0.1) is 5.41 Å². The lowest BCUT2D eigenvalue weighted by atomic mass is 9.67. The van der Waals surface area contributed by atoms with E-state index in [0.717, 1.165) is 38.8 Å². The summed E-state index contributed by atoms with van der Waals surface area (Å²) in [4.78, 5) is 29.9. The van der Waals surface area contributed by atoms with Crippen LogP contribution in [-0.4, -0.2) is 60.9 Å². The Kier molecular flexibility index (Phi) is 6.61. The molecule has 0 spiro atoms. The van der Waals surface area contributed by atoms with Gasteiger partial charge in [-0.2, -0.15) is 0 Å². The molecule has 3 fully saturated rings. The molecule has 1 aromatic carbocycles. The maximum absolute atomic E-state index is 13.4. The van der Waals surface area contributed by atoms with Crippen LogP contribution in [0.15, 0.2) is 24.3 Å². The third kappa shape index (κ3) is 3.90. The average molecular weight is 410 g/mol. The van der Waals surface area contributed by atoms with E-state index >= 15 is 0 Å².